The van der Waals surface area contributed by atoms with Gasteiger partial charge in [-0.05, 0) is 40.5 Å². The maximum Gasteiger partial charge on any atom is 0.0599 e. The smallest absolute Gasteiger partial charge is 0.0599 e. The zero-order chi connectivity index (χ0) is 10.7. The fourth-order valence-electron chi connectivity index (χ4n) is 2.04. The summed E-state index contributed by atoms with van der Waals surface area (Å²) < 4.78 is 5.67. The fourth-order valence-corrected chi connectivity index (χ4v) is 2.04. The SMILES string of the molecule is CC1(NCCOC(C)(C)C)CCCC1. The van der Waals surface area contributed by atoms with Crippen LogP contribution >= 0.6 is 0 Å². The molecule has 0 heterocycles. The third kappa shape index (κ3) is 4.43. The molecule has 0 aliphatic heterocycles. The van der Waals surface area contributed by atoms with E-state index in [1.807, 2.05) is 0 Å². The molecule has 14 heavy (non-hydrogen) atoms. The first-order valence-electron chi connectivity index (χ1n) is 5.80. The molecule has 0 saturated heterocycles. The summed E-state index contributed by atoms with van der Waals surface area (Å²) in [6.07, 6.45) is 5.40. The van der Waals surface area contributed by atoms with Crippen LogP contribution in [0.25, 0.3) is 0 Å². The molecule has 1 rings (SSSR count). The molecule has 1 aliphatic carbocycles. The molecule has 84 valence electrons. The lowest BCUT2D eigenvalue weighted by atomic mass is 10.0. The van der Waals surface area contributed by atoms with E-state index in [0.717, 1.165) is 13.2 Å². The third-order valence-corrected chi connectivity index (χ3v) is 2.90. The minimum Gasteiger partial charge on any atom is -0.375 e. The molecule has 2 heteroatoms. The van der Waals surface area contributed by atoms with Crippen molar-refractivity contribution in [2.75, 3.05) is 13.2 Å². The van der Waals surface area contributed by atoms with Crippen molar-refractivity contribution in [2.45, 2.75) is 64.5 Å². The quantitative estimate of drug-likeness (QED) is 0.703. The lowest BCUT2D eigenvalue weighted by Gasteiger charge is -2.27. The Morgan fingerprint density at radius 2 is 1.79 bits per heavy atom. The van der Waals surface area contributed by atoms with Crippen molar-refractivity contribution in [1.29, 1.82) is 0 Å². The Morgan fingerprint density at radius 1 is 1.21 bits per heavy atom. The molecule has 0 spiro atoms. The summed E-state index contributed by atoms with van der Waals surface area (Å²) >= 11 is 0. The maximum absolute atomic E-state index is 5.67. The van der Waals surface area contributed by atoms with Crippen LogP contribution in [0.15, 0.2) is 0 Å². The van der Waals surface area contributed by atoms with Gasteiger partial charge in [-0.2, -0.15) is 0 Å². The van der Waals surface area contributed by atoms with Gasteiger partial charge in [-0.25, -0.2) is 0 Å². The predicted molar refractivity (Wildman–Crippen MR) is 60.6 cm³/mol. The normalized spacial score (nSPS) is 21.4. The van der Waals surface area contributed by atoms with E-state index in [4.69, 9.17) is 4.74 Å². The lowest BCUT2D eigenvalue weighted by Crippen LogP contribution is -2.42. The molecule has 0 aromatic carbocycles. The Kier molecular flexibility index (Phi) is 3.96. The molecule has 2 nitrogen and oxygen atoms in total. The molecule has 0 atom stereocenters. The van der Waals surface area contributed by atoms with Crippen LogP contribution in [-0.2, 0) is 4.74 Å². The van der Waals surface area contributed by atoms with E-state index in [1.54, 1.807) is 0 Å². The van der Waals surface area contributed by atoms with E-state index in [1.165, 1.54) is 25.7 Å². The largest absolute Gasteiger partial charge is 0.375 e. The average molecular weight is 199 g/mol. The number of hydrogen-bond acceptors (Lipinski definition) is 2. The highest BCUT2D eigenvalue weighted by molar-refractivity contribution is 4.87. The van der Waals surface area contributed by atoms with Gasteiger partial charge in [-0.3, -0.25) is 0 Å². The summed E-state index contributed by atoms with van der Waals surface area (Å²) in [5, 5.41) is 3.61. The van der Waals surface area contributed by atoms with Crippen molar-refractivity contribution in [3.63, 3.8) is 0 Å². The van der Waals surface area contributed by atoms with Gasteiger partial charge in [-0.15, -0.1) is 0 Å². The van der Waals surface area contributed by atoms with Gasteiger partial charge in [0.1, 0.15) is 0 Å². The number of ether oxygens (including phenoxy) is 1. The Morgan fingerprint density at radius 3 is 2.29 bits per heavy atom. The van der Waals surface area contributed by atoms with Gasteiger partial charge in [0.15, 0.2) is 0 Å². The van der Waals surface area contributed by atoms with E-state index in [0.29, 0.717) is 5.54 Å². The van der Waals surface area contributed by atoms with Gasteiger partial charge in [-0.1, -0.05) is 12.8 Å². The lowest BCUT2D eigenvalue weighted by molar-refractivity contribution is -0.00302. The molecule has 1 aliphatic rings. The van der Waals surface area contributed by atoms with E-state index in [2.05, 4.69) is 33.0 Å². The molecule has 0 amide bonds. The Hall–Kier alpha value is -0.0800. The Balaban J connectivity index is 2.09. The van der Waals surface area contributed by atoms with Crippen molar-refractivity contribution in [3.05, 3.63) is 0 Å². The van der Waals surface area contributed by atoms with Gasteiger partial charge in [0.2, 0.25) is 0 Å². The topological polar surface area (TPSA) is 21.3 Å². The maximum atomic E-state index is 5.67. The van der Waals surface area contributed by atoms with Gasteiger partial charge < -0.3 is 10.1 Å². The zero-order valence-corrected chi connectivity index (χ0v) is 10.2. The second-order valence-electron chi connectivity index (χ2n) is 5.66. The minimum absolute atomic E-state index is 0.00173. The first kappa shape index (κ1) is 12.0. The van der Waals surface area contributed by atoms with Crippen LogP contribution in [0.2, 0.25) is 0 Å². The summed E-state index contributed by atoms with van der Waals surface area (Å²) in [6, 6.07) is 0. The molecule has 1 fully saturated rings. The molecule has 0 radical (unpaired) electrons. The van der Waals surface area contributed by atoms with Crippen LogP contribution in [0.4, 0.5) is 0 Å². The second kappa shape index (κ2) is 4.63. The van der Waals surface area contributed by atoms with Crippen molar-refractivity contribution in [3.8, 4) is 0 Å². The molecular weight excluding hydrogens is 174 g/mol. The van der Waals surface area contributed by atoms with Gasteiger partial charge in [0.05, 0.1) is 12.2 Å². The number of hydrogen-bond donors (Lipinski definition) is 1. The second-order valence-corrected chi connectivity index (χ2v) is 5.66. The molecule has 0 aromatic heterocycles. The monoisotopic (exact) mass is 199 g/mol. The molecule has 0 unspecified atom stereocenters. The minimum atomic E-state index is -0.00173. The Labute approximate surface area is 88.4 Å². The van der Waals surface area contributed by atoms with Crippen LogP contribution in [0.1, 0.15) is 53.4 Å². The highest BCUT2D eigenvalue weighted by atomic mass is 16.5. The highest BCUT2D eigenvalue weighted by Crippen LogP contribution is 2.28. The van der Waals surface area contributed by atoms with Crippen LogP contribution in [0.5, 0.6) is 0 Å². The number of rotatable bonds is 4. The molecule has 1 saturated carbocycles. The van der Waals surface area contributed by atoms with E-state index in [9.17, 15) is 0 Å². The van der Waals surface area contributed by atoms with E-state index >= 15 is 0 Å². The molecular formula is C12H25NO. The zero-order valence-electron chi connectivity index (χ0n) is 10.2. The molecule has 1 N–H and O–H groups in total. The van der Waals surface area contributed by atoms with Crippen LogP contribution in [0.3, 0.4) is 0 Å². The van der Waals surface area contributed by atoms with Crippen molar-refractivity contribution < 1.29 is 4.74 Å². The van der Waals surface area contributed by atoms with E-state index < -0.39 is 0 Å². The fraction of sp³-hybridized carbons (Fsp3) is 1.00. The summed E-state index contributed by atoms with van der Waals surface area (Å²) in [5.74, 6) is 0. The third-order valence-electron chi connectivity index (χ3n) is 2.90. The first-order chi connectivity index (χ1) is 6.41. The van der Waals surface area contributed by atoms with E-state index in [-0.39, 0.29) is 5.60 Å². The van der Waals surface area contributed by atoms with Crippen LogP contribution < -0.4 is 5.32 Å². The summed E-state index contributed by atoms with van der Waals surface area (Å²) in [6.45, 7) is 10.4. The summed E-state index contributed by atoms with van der Waals surface area (Å²) in [4.78, 5) is 0. The van der Waals surface area contributed by atoms with Gasteiger partial charge in [0.25, 0.3) is 0 Å². The van der Waals surface area contributed by atoms with Crippen molar-refractivity contribution in [2.24, 2.45) is 0 Å². The van der Waals surface area contributed by atoms with Gasteiger partial charge >= 0.3 is 0 Å². The molecule has 0 aromatic rings. The van der Waals surface area contributed by atoms with Crippen molar-refractivity contribution in [1.82, 2.24) is 5.32 Å². The summed E-state index contributed by atoms with van der Waals surface area (Å²) in [7, 11) is 0. The average Bonchev–Trinajstić information content (AvgIpc) is 2.45. The Bertz CT molecular complexity index is 166. The van der Waals surface area contributed by atoms with Crippen molar-refractivity contribution >= 4 is 0 Å². The van der Waals surface area contributed by atoms with Crippen LogP contribution in [-0.4, -0.2) is 24.3 Å². The summed E-state index contributed by atoms with van der Waals surface area (Å²) in [5.41, 5.74) is 0.388. The highest BCUT2D eigenvalue weighted by Gasteiger charge is 2.27. The molecule has 0 bridgehead atoms. The number of nitrogens with one attached hydrogen (secondary N) is 1. The first-order valence-corrected chi connectivity index (χ1v) is 5.80. The predicted octanol–water partition coefficient (Wildman–Crippen LogP) is 2.72. The van der Waals surface area contributed by atoms with Crippen LogP contribution in [0, 0.1) is 0 Å². The van der Waals surface area contributed by atoms with Gasteiger partial charge in [0, 0.05) is 12.1 Å². The standard InChI is InChI=1S/C12H25NO/c1-11(2,3)14-10-9-13-12(4)7-5-6-8-12/h13H,5-10H2,1-4H3.